The minimum atomic E-state index is -0.377. The molecule has 0 aliphatic carbocycles. The normalized spacial score (nSPS) is 24.1. The second kappa shape index (κ2) is 3.26. The fourth-order valence-corrected chi connectivity index (χ4v) is 2.15. The van der Waals surface area contributed by atoms with Crippen molar-refractivity contribution in [1.29, 1.82) is 0 Å². The zero-order valence-corrected chi connectivity index (χ0v) is 10.3. The topological polar surface area (TPSA) is 9.23 Å². The van der Waals surface area contributed by atoms with Crippen LogP contribution in [0, 0.1) is 20.8 Å². The molecule has 0 bridgehead atoms. The molecule has 0 aromatic heterocycles. The molecule has 1 aliphatic heterocycles. The molecule has 0 saturated carbocycles. The van der Waals surface area contributed by atoms with Crippen molar-refractivity contribution in [2.24, 2.45) is 0 Å². The summed E-state index contributed by atoms with van der Waals surface area (Å²) in [6, 6.07) is 2.20. The predicted octanol–water partition coefficient (Wildman–Crippen LogP) is 3.72. The van der Waals surface area contributed by atoms with Crippen molar-refractivity contribution < 1.29 is 6.11 Å². The quantitative estimate of drug-likeness (QED) is 0.627. The second-order valence-corrected chi connectivity index (χ2v) is 5.06. The first-order valence-corrected chi connectivity index (χ1v) is 5.54. The van der Waals surface area contributed by atoms with Crippen LogP contribution >= 0.6 is 0 Å². The highest BCUT2D eigenvalue weighted by Gasteiger charge is 2.28. The lowest BCUT2D eigenvalue weighted by Gasteiger charge is -2.34. The van der Waals surface area contributed by atoms with Crippen molar-refractivity contribution in [3.8, 4) is 5.75 Å². The minimum absolute atomic E-state index is 0.180. The van der Waals surface area contributed by atoms with Crippen LogP contribution in [-0.4, -0.2) is 5.60 Å². The van der Waals surface area contributed by atoms with Crippen LogP contribution < -0.4 is 4.74 Å². The average Bonchev–Trinajstić information content (AvgIpc) is 2.18. The molecule has 1 aromatic carbocycles. The first-order chi connectivity index (χ1) is 7.33. The lowest BCUT2D eigenvalue weighted by atomic mass is 9.89. The third-order valence-corrected chi connectivity index (χ3v) is 3.28. The van der Waals surface area contributed by atoms with E-state index in [1.807, 2.05) is 13.8 Å². The maximum atomic E-state index is 8.10. The van der Waals surface area contributed by atoms with Gasteiger partial charge in [-0.15, -0.1) is 0 Å². The summed E-state index contributed by atoms with van der Waals surface area (Å²) in [6.45, 7) is 10.3. The van der Waals surface area contributed by atoms with Crippen LogP contribution in [0.15, 0.2) is 6.07 Å². The van der Waals surface area contributed by atoms with Crippen molar-refractivity contribution in [1.82, 2.24) is 0 Å². The van der Waals surface area contributed by atoms with Crippen LogP contribution in [0.25, 0.3) is 0 Å². The van der Waals surface area contributed by atoms with E-state index in [0.717, 1.165) is 12.2 Å². The molecular weight excluding hydrogens is 184 g/mol. The van der Waals surface area contributed by atoms with Crippen LogP contribution in [0.2, 0.25) is 0 Å². The Morgan fingerprint density at radius 3 is 2.60 bits per heavy atom. The first-order valence-electron chi connectivity index (χ1n) is 6.11. The molecule has 1 atom stereocenters. The minimum Gasteiger partial charge on any atom is -0.487 e. The smallest absolute Gasteiger partial charge is 0.126 e. The number of hydrogen-bond acceptors (Lipinski definition) is 1. The monoisotopic (exact) mass is 205 g/mol. The highest BCUT2D eigenvalue weighted by atomic mass is 16.5. The van der Waals surface area contributed by atoms with Gasteiger partial charge in [0.1, 0.15) is 11.4 Å². The van der Waals surface area contributed by atoms with Gasteiger partial charge in [-0.1, -0.05) is 6.07 Å². The Balaban J connectivity index is 2.60. The van der Waals surface area contributed by atoms with Crippen LogP contribution in [0.5, 0.6) is 5.75 Å². The Bertz CT molecular complexity index is 435. The van der Waals surface area contributed by atoms with Gasteiger partial charge in [-0.05, 0) is 69.7 Å². The van der Waals surface area contributed by atoms with Gasteiger partial charge in [-0.25, -0.2) is 0 Å². The molecule has 0 fully saturated rings. The van der Waals surface area contributed by atoms with Crippen LogP contribution in [0.1, 0.15) is 43.9 Å². The molecule has 1 aromatic rings. The Morgan fingerprint density at radius 2 is 1.93 bits per heavy atom. The largest absolute Gasteiger partial charge is 0.487 e. The molecule has 1 nitrogen and oxygen atoms in total. The van der Waals surface area contributed by atoms with Crippen LogP contribution in [-0.2, 0) is 6.42 Å². The van der Waals surface area contributed by atoms with E-state index in [2.05, 4.69) is 26.8 Å². The highest BCUT2D eigenvalue weighted by molar-refractivity contribution is 5.51. The maximum absolute atomic E-state index is 8.10. The Morgan fingerprint density at radius 1 is 1.27 bits per heavy atom. The number of fused-ring (bicyclic) bond motifs is 1. The summed E-state index contributed by atoms with van der Waals surface area (Å²) < 4.78 is 14.1. The summed E-state index contributed by atoms with van der Waals surface area (Å²) >= 11 is 0. The highest BCUT2D eigenvalue weighted by Crippen LogP contribution is 2.38. The Labute approximate surface area is 93.9 Å². The summed E-state index contributed by atoms with van der Waals surface area (Å²) in [5, 5.41) is 0. The number of rotatable bonds is 0. The third kappa shape index (κ3) is 1.75. The molecular formula is C14H20O. The molecule has 0 spiro atoms. The van der Waals surface area contributed by atoms with Gasteiger partial charge in [-0.2, -0.15) is 0 Å². The number of hydrogen-bond donors (Lipinski definition) is 0. The van der Waals surface area contributed by atoms with Crippen molar-refractivity contribution in [2.45, 2.75) is 53.0 Å². The lowest BCUT2D eigenvalue weighted by molar-refractivity contribution is 0.0834. The predicted molar refractivity (Wildman–Crippen MR) is 63.7 cm³/mol. The molecule has 1 aliphatic rings. The molecule has 15 heavy (non-hydrogen) atoms. The zero-order valence-electron chi connectivity index (χ0n) is 11.3. The van der Waals surface area contributed by atoms with Gasteiger partial charge in [-0.3, -0.25) is 0 Å². The molecule has 1 heteroatoms. The Kier molecular flexibility index (Phi) is 2.01. The number of ether oxygens (including phenoxy) is 1. The van der Waals surface area contributed by atoms with Gasteiger partial charge in [0.2, 0.25) is 0 Å². The molecule has 0 amide bonds. The first kappa shape index (κ1) is 9.26. The average molecular weight is 205 g/mol. The van der Waals surface area contributed by atoms with Gasteiger partial charge < -0.3 is 4.74 Å². The summed E-state index contributed by atoms with van der Waals surface area (Å²) in [7, 11) is 0. The molecule has 0 radical (unpaired) electrons. The summed E-state index contributed by atoms with van der Waals surface area (Å²) in [4.78, 5) is 0. The summed E-state index contributed by atoms with van der Waals surface area (Å²) in [5.41, 5.74) is 4.60. The SMILES string of the molecule is [2H]C1Cc2c(C)cc(C)c(C)c2OC1(C)C. The molecule has 1 heterocycles. The fraction of sp³-hybridized carbons (Fsp3) is 0.571. The maximum Gasteiger partial charge on any atom is 0.126 e. The summed E-state index contributed by atoms with van der Waals surface area (Å²) in [6.07, 6.45) is 0.621. The molecule has 0 saturated heterocycles. The molecule has 0 N–H and O–H groups in total. The van der Waals surface area contributed by atoms with Crippen molar-refractivity contribution in [3.05, 3.63) is 28.3 Å². The van der Waals surface area contributed by atoms with E-state index < -0.39 is 0 Å². The second-order valence-electron chi connectivity index (χ2n) is 5.06. The van der Waals surface area contributed by atoms with Crippen molar-refractivity contribution in [3.63, 3.8) is 0 Å². The van der Waals surface area contributed by atoms with Gasteiger partial charge in [0, 0.05) is 1.37 Å². The molecule has 2 rings (SSSR count). The summed E-state index contributed by atoms with van der Waals surface area (Å²) in [5.74, 6) is 1.02. The van der Waals surface area contributed by atoms with Gasteiger partial charge in [0.05, 0.1) is 0 Å². The van der Waals surface area contributed by atoms with E-state index in [-0.39, 0.29) is 12.0 Å². The molecule has 82 valence electrons. The van der Waals surface area contributed by atoms with E-state index in [9.17, 15) is 0 Å². The number of aryl methyl sites for hydroxylation is 2. The van der Waals surface area contributed by atoms with E-state index >= 15 is 0 Å². The van der Waals surface area contributed by atoms with Crippen molar-refractivity contribution >= 4 is 0 Å². The van der Waals surface area contributed by atoms with E-state index in [0.29, 0.717) is 0 Å². The number of benzene rings is 1. The van der Waals surface area contributed by atoms with E-state index in [1.165, 1.54) is 22.3 Å². The van der Waals surface area contributed by atoms with E-state index in [1.54, 1.807) is 0 Å². The van der Waals surface area contributed by atoms with Gasteiger partial charge in [0.15, 0.2) is 0 Å². The van der Waals surface area contributed by atoms with Gasteiger partial charge in [0.25, 0.3) is 0 Å². The Hall–Kier alpha value is -0.980. The van der Waals surface area contributed by atoms with Crippen LogP contribution in [0.3, 0.4) is 0 Å². The third-order valence-electron chi connectivity index (χ3n) is 3.28. The van der Waals surface area contributed by atoms with E-state index in [4.69, 9.17) is 6.11 Å². The lowest BCUT2D eigenvalue weighted by Crippen LogP contribution is -2.33. The fourth-order valence-electron chi connectivity index (χ4n) is 2.15. The molecule has 1 unspecified atom stereocenters. The van der Waals surface area contributed by atoms with Crippen LogP contribution in [0.4, 0.5) is 0 Å². The zero-order chi connectivity index (χ0) is 12.1. The standard InChI is InChI=1S/C14H20O/c1-9-8-10(2)12-6-7-14(4,5)15-13(12)11(9)3/h8H,6-7H2,1-5H3/i7D. The van der Waals surface area contributed by atoms with Gasteiger partial charge >= 0.3 is 0 Å². The van der Waals surface area contributed by atoms with Crippen molar-refractivity contribution in [2.75, 3.05) is 0 Å².